The van der Waals surface area contributed by atoms with E-state index >= 15 is 0 Å². The molecule has 0 unspecified atom stereocenters. The predicted molar refractivity (Wildman–Crippen MR) is 66.7 cm³/mol. The van der Waals surface area contributed by atoms with E-state index in [0.29, 0.717) is 11.5 Å². The predicted octanol–water partition coefficient (Wildman–Crippen LogP) is 2.21. The van der Waals surface area contributed by atoms with Gasteiger partial charge in [0.05, 0.1) is 0 Å². The van der Waals surface area contributed by atoms with Gasteiger partial charge in [-0.3, -0.25) is 0 Å². The van der Waals surface area contributed by atoms with Crippen LogP contribution in [0.5, 0.6) is 0 Å². The number of hydrogen-bond acceptors (Lipinski definition) is 3. The molecule has 1 rings (SSSR count). The van der Waals surface area contributed by atoms with Gasteiger partial charge in [-0.05, 0) is 31.6 Å². The molecule has 0 atom stereocenters. The third-order valence-electron chi connectivity index (χ3n) is 3.42. The molecular formula is C13H27NO2. The molecule has 3 nitrogen and oxygen atoms in total. The Hall–Kier alpha value is -0.120. The Bertz CT molecular complexity index is 177. The molecule has 1 aliphatic rings. The van der Waals surface area contributed by atoms with Crippen LogP contribution in [0.2, 0.25) is 0 Å². The second-order valence-electron chi connectivity index (χ2n) is 5.09. The highest BCUT2D eigenvalue weighted by molar-refractivity contribution is 4.84. The van der Waals surface area contributed by atoms with Gasteiger partial charge in [0.2, 0.25) is 0 Å². The molecular weight excluding hydrogens is 202 g/mol. The van der Waals surface area contributed by atoms with Crippen LogP contribution in [0.15, 0.2) is 0 Å². The molecule has 1 N–H and O–H groups in total. The number of hydrogen-bond donors (Lipinski definition) is 1. The molecule has 1 heterocycles. The first-order valence-electron chi connectivity index (χ1n) is 6.57. The number of ether oxygens (including phenoxy) is 2. The third-order valence-corrected chi connectivity index (χ3v) is 3.42. The zero-order valence-corrected chi connectivity index (χ0v) is 11.1. The summed E-state index contributed by atoms with van der Waals surface area (Å²) in [5.74, 6) is 0. The Kier molecular flexibility index (Phi) is 6.32. The maximum Gasteiger partial charge on any atom is 0.0471 e. The first-order valence-corrected chi connectivity index (χ1v) is 6.57. The van der Waals surface area contributed by atoms with Gasteiger partial charge < -0.3 is 14.8 Å². The highest BCUT2D eigenvalue weighted by Gasteiger charge is 2.32. The van der Waals surface area contributed by atoms with Crippen molar-refractivity contribution in [3.63, 3.8) is 0 Å². The molecule has 0 amide bonds. The van der Waals surface area contributed by atoms with Gasteiger partial charge in [0.1, 0.15) is 0 Å². The average Bonchev–Trinajstić information content (AvgIpc) is 2.28. The van der Waals surface area contributed by atoms with E-state index in [1.165, 1.54) is 12.8 Å². The van der Waals surface area contributed by atoms with Crippen molar-refractivity contribution in [3.05, 3.63) is 0 Å². The van der Waals surface area contributed by atoms with E-state index in [1.54, 1.807) is 0 Å². The smallest absolute Gasteiger partial charge is 0.0471 e. The first-order chi connectivity index (χ1) is 7.68. The van der Waals surface area contributed by atoms with Crippen LogP contribution in [0.4, 0.5) is 0 Å². The summed E-state index contributed by atoms with van der Waals surface area (Å²) in [5, 5.41) is 3.57. The fraction of sp³-hybridized carbons (Fsp3) is 1.00. The zero-order valence-electron chi connectivity index (χ0n) is 11.1. The Morgan fingerprint density at radius 2 is 2.00 bits per heavy atom. The largest absolute Gasteiger partial charge is 0.382 e. The Morgan fingerprint density at radius 3 is 2.56 bits per heavy atom. The lowest BCUT2D eigenvalue weighted by Crippen LogP contribution is -2.42. The summed E-state index contributed by atoms with van der Waals surface area (Å²) in [5.41, 5.74) is 0.400. The third kappa shape index (κ3) is 4.81. The van der Waals surface area contributed by atoms with Crippen LogP contribution in [0.3, 0.4) is 0 Å². The fourth-order valence-corrected chi connectivity index (χ4v) is 2.17. The average molecular weight is 229 g/mol. The standard InChI is InChI=1S/C13H27NO2/c1-4-15-8-5-13(11-14-12(2)3)6-9-16-10-7-13/h12,14H,4-11H2,1-3H3. The van der Waals surface area contributed by atoms with Gasteiger partial charge >= 0.3 is 0 Å². The highest BCUT2D eigenvalue weighted by atomic mass is 16.5. The topological polar surface area (TPSA) is 30.5 Å². The van der Waals surface area contributed by atoms with Crippen LogP contribution in [0.1, 0.15) is 40.0 Å². The summed E-state index contributed by atoms with van der Waals surface area (Å²) in [4.78, 5) is 0. The van der Waals surface area contributed by atoms with Crippen LogP contribution >= 0.6 is 0 Å². The Balaban J connectivity index is 2.39. The lowest BCUT2D eigenvalue weighted by molar-refractivity contribution is -0.00585. The molecule has 1 aliphatic heterocycles. The Labute approximate surface area is 99.9 Å². The Morgan fingerprint density at radius 1 is 1.31 bits per heavy atom. The van der Waals surface area contributed by atoms with Gasteiger partial charge in [0.25, 0.3) is 0 Å². The van der Waals surface area contributed by atoms with Crippen molar-refractivity contribution in [2.75, 3.05) is 33.0 Å². The SMILES string of the molecule is CCOCCC1(CNC(C)C)CCOCC1. The first kappa shape index (κ1) is 13.9. The lowest BCUT2D eigenvalue weighted by atomic mass is 9.77. The van der Waals surface area contributed by atoms with Crippen molar-refractivity contribution in [2.45, 2.75) is 46.1 Å². The maximum absolute atomic E-state index is 5.50. The van der Waals surface area contributed by atoms with Crippen molar-refractivity contribution in [2.24, 2.45) is 5.41 Å². The van der Waals surface area contributed by atoms with Crippen LogP contribution in [0.25, 0.3) is 0 Å². The van der Waals surface area contributed by atoms with E-state index in [2.05, 4.69) is 26.1 Å². The zero-order chi connectivity index (χ0) is 11.9. The molecule has 0 aromatic rings. The van der Waals surface area contributed by atoms with Crippen molar-refractivity contribution >= 4 is 0 Å². The van der Waals surface area contributed by atoms with E-state index in [1.807, 2.05) is 0 Å². The van der Waals surface area contributed by atoms with Gasteiger partial charge in [-0.15, -0.1) is 0 Å². The second-order valence-corrected chi connectivity index (χ2v) is 5.09. The summed E-state index contributed by atoms with van der Waals surface area (Å²) in [6.45, 7) is 11.1. The maximum atomic E-state index is 5.50. The van der Waals surface area contributed by atoms with Gasteiger partial charge in [-0.25, -0.2) is 0 Å². The monoisotopic (exact) mass is 229 g/mol. The molecule has 0 spiro atoms. The van der Waals surface area contributed by atoms with Crippen LogP contribution in [-0.2, 0) is 9.47 Å². The molecule has 16 heavy (non-hydrogen) atoms. The minimum Gasteiger partial charge on any atom is -0.382 e. The normalized spacial score (nSPS) is 20.2. The van der Waals surface area contributed by atoms with Gasteiger partial charge in [0.15, 0.2) is 0 Å². The minimum absolute atomic E-state index is 0.400. The van der Waals surface area contributed by atoms with Gasteiger partial charge in [-0.1, -0.05) is 13.8 Å². The summed E-state index contributed by atoms with van der Waals surface area (Å²) in [6, 6.07) is 0.562. The molecule has 96 valence electrons. The highest BCUT2D eigenvalue weighted by Crippen LogP contribution is 2.33. The van der Waals surface area contributed by atoms with Crippen LogP contribution in [0, 0.1) is 5.41 Å². The van der Waals surface area contributed by atoms with Crippen molar-refractivity contribution < 1.29 is 9.47 Å². The molecule has 0 aromatic heterocycles. The fourth-order valence-electron chi connectivity index (χ4n) is 2.17. The van der Waals surface area contributed by atoms with E-state index in [4.69, 9.17) is 9.47 Å². The second kappa shape index (κ2) is 7.25. The molecule has 0 radical (unpaired) electrons. The molecule has 0 bridgehead atoms. The van der Waals surface area contributed by atoms with E-state index in [9.17, 15) is 0 Å². The van der Waals surface area contributed by atoms with Crippen molar-refractivity contribution in [1.29, 1.82) is 0 Å². The lowest BCUT2D eigenvalue weighted by Gasteiger charge is -2.38. The molecule has 3 heteroatoms. The van der Waals surface area contributed by atoms with Crippen molar-refractivity contribution in [1.82, 2.24) is 5.32 Å². The summed E-state index contributed by atoms with van der Waals surface area (Å²) in [7, 11) is 0. The van der Waals surface area contributed by atoms with Crippen molar-refractivity contribution in [3.8, 4) is 0 Å². The molecule has 0 aromatic carbocycles. The molecule has 0 aliphatic carbocycles. The molecule has 1 fully saturated rings. The van der Waals surface area contributed by atoms with E-state index < -0.39 is 0 Å². The summed E-state index contributed by atoms with van der Waals surface area (Å²) >= 11 is 0. The molecule has 1 saturated heterocycles. The number of nitrogens with one attached hydrogen (secondary N) is 1. The summed E-state index contributed by atoms with van der Waals surface area (Å²) in [6.07, 6.45) is 3.49. The summed E-state index contributed by atoms with van der Waals surface area (Å²) < 4.78 is 11.0. The van der Waals surface area contributed by atoms with Crippen LogP contribution in [-0.4, -0.2) is 39.0 Å². The number of rotatable bonds is 7. The van der Waals surface area contributed by atoms with Gasteiger partial charge in [0, 0.05) is 39.0 Å². The molecule has 0 saturated carbocycles. The van der Waals surface area contributed by atoms with E-state index in [0.717, 1.165) is 39.4 Å². The van der Waals surface area contributed by atoms with Crippen LogP contribution < -0.4 is 5.32 Å². The quantitative estimate of drug-likeness (QED) is 0.679. The minimum atomic E-state index is 0.400. The van der Waals surface area contributed by atoms with Gasteiger partial charge in [-0.2, -0.15) is 0 Å². The van der Waals surface area contributed by atoms with E-state index in [-0.39, 0.29) is 0 Å².